The fraction of sp³-hybridized carbons (Fsp3) is 0.304. The topological polar surface area (TPSA) is 97.1 Å². The van der Waals surface area contributed by atoms with E-state index in [2.05, 4.69) is 4.98 Å². The van der Waals surface area contributed by atoms with Gasteiger partial charge in [-0.1, -0.05) is 48.0 Å². The Morgan fingerprint density at radius 2 is 1.91 bits per heavy atom. The molecule has 1 heterocycles. The molecule has 2 aromatic carbocycles. The van der Waals surface area contributed by atoms with Crippen molar-refractivity contribution in [2.24, 2.45) is 0 Å². The Kier molecular flexibility index (Phi) is 7.98. The lowest BCUT2D eigenvalue weighted by molar-refractivity contribution is 0.0608. The molecule has 0 spiro atoms. The van der Waals surface area contributed by atoms with Crippen molar-refractivity contribution in [1.82, 2.24) is 9.88 Å². The molecule has 9 heteroatoms. The lowest BCUT2D eigenvalue weighted by atomic mass is 10.1. The first kappa shape index (κ1) is 23.9. The van der Waals surface area contributed by atoms with Crippen molar-refractivity contribution in [1.29, 1.82) is 0 Å². The lowest BCUT2D eigenvalue weighted by Gasteiger charge is -2.33. The Balaban J connectivity index is 1.88. The molecule has 0 radical (unpaired) electrons. The number of fused-ring (bicyclic) bond motifs is 1. The van der Waals surface area contributed by atoms with Gasteiger partial charge in [-0.05, 0) is 36.6 Å². The average molecular weight is 462 g/mol. The molecule has 0 saturated carbocycles. The van der Waals surface area contributed by atoms with Crippen LogP contribution >= 0.6 is 11.6 Å². The molecule has 32 heavy (non-hydrogen) atoms. The highest BCUT2D eigenvalue weighted by molar-refractivity contribution is 6.31. The molecule has 0 unspecified atom stereocenters. The van der Waals surface area contributed by atoms with E-state index in [0.717, 1.165) is 15.7 Å². The summed E-state index contributed by atoms with van der Waals surface area (Å²) in [6, 6.07) is 13.1. The third-order valence-electron chi connectivity index (χ3n) is 5.35. The van der Waals surface area contributed by atoms with Crippen LogP contribution in [0.3, 0.4) is 0 Å². The van der Waals surface area contributed by atoms with Crippen molar-refractivity contribution in [3.63, 3.8) is 0 Å². The largest absolute Gasteiger partial charge is 0.465 e. The molecule has 170 valence electrons. The smallest absolute Gasteiger partial charge is 0.413 e. The van der Waals surface area contributed by atoms with Crippen molar-refractivity contribution in [2.75, 3.05) is 25.1 Å². The fourth-order valence-electron chi connectivity index (χ4n) is 3.55. The molecule has 1 aromatic heterocycles. The minimum absolute atomic E-state index is 0.00732. The van der Waals surface area contributed by atoms with Crippen LogP contribution in [-0.2, 0) is 6.54 Å². The van der Waals surface area contributed by atoms with E-state index in [4.69, 9.17) is 11.6 Å². The van der Waals surface area contributed by atoms with Gasteiger partial charge in [0.05, 0.1) is 17.7 Å². The first-order valence-corrected chi connectivity index (χ1v) is 10.4. The summed E-state index contributed by atoms with van der Waals surface area (Å²) in [5.74, 6) is -0.297. The fourth-order valence-corrected chi connectivity index (χ4v) is 3.74. The van der Waals surface area contributed by atoms with E-state index in [9.17, 15) is 24.5 Å². The van der Waals surface area contributed by atoms with Gasteiger partial charge in [-0.3, -0.25) is 9.80 Å². The first-order valence-electron chi connectivity index (χ1n) is 10.1. The van der Waals surface area contributed by atoms with E-state index in [1.807, 2.05) is 24.3 Å². The third kappa shape index (κ3) is 5.72. The molecule has 0 saturated heterocycles. The van der Waals surface area contributed by atoms with Crippen LogP contribution in [0, 0.1) is 5.82 Å². The standard InChI is InChI=1S/C23H25ClFN3O4/c1-27(12-17-7-4-8-20(25)22(17)24)18(10-19(30)14-29)13-28(23(31)32)21-9-15-5-2-3-6-16(15)11-26-21/h2-9,11,18-19,29-30H,10,12-14H2,1H3,(H,31,32)/t18-,19-/m0/s1. The number of carbonyl (C=O) groups is 1. The van der Waals surface area contributed by atoms with Gasteiger partial charge in [0.15, 0.2) is 0 Å². The zero-order chi connectivity index (χ0) is 23.3. The molecule has 1 amide bonds. The second kappa shape index (κ2) is 10.7. The maximum Gasteiger partial charge on any atom is 0.413 e. The van der Waals surface area contributed by atoms with Crippen molar-refractivity contribution in [2.45, 2.75) is 25.1 Å². The Morgan fingerprint density at radius 1 is 1.19 bits per heavy atom. The first-order chi connectivity index (χ1) is 15.3. The van der Waals surface area contributed by atoms with Gasteiger partial charge in [0, 0.05) is 30.7 Å². The zero-order valence-corrected chi connectivity index (χ0v) is 18.3. The molecule has 0 aliphatic rings. The predicted octanol–water partition coefficient (Wildman–Crippen LogP) is 3.76. The Hall–Kier alpha value is -2.78. The number of rotatable bonds is 9. The number of aromatic nitrogens is 1. The summed E-state index contributed by atoms with van der Waals surface area (Å²) in [5, 5.41) is 31.0. The minimum Gasteiger partial charge on any atom is -0.465 e. The van der Waals surface area contributed by atoms with Crippen LogP contribution in [0.2, 0.25) is 5.02 Å². The van der Waals surface area contributed by atoms with Crippen molar-refractivity contribution in [3.8, 4) is 0 Å². The van der Waals surface area contributed by atoms with Crippen LogP contribution in [0.25, 0.3) is 10.8 Å². The molecule has 7 nitrogen and oxygen atoms in total. The minimum atomic E-state index is -1.20. The number of anilines is 1. The van der Waals surface area contributed by atoms with Gasteiger partial charge in [-0.25, -0.2) is 14.2 Å². The van der Waals surface area contributed by atoms with E-state index < -0.39 is 30.7 Å². The van der Waals surface area contributed by atoms with Crippen LogP contribution < -0.4 is 4.90 Å². The maximum atomic E-state index is 13.8. The number of likely N-dealkylation sites (N-methyl/N-ethyl adjacent to an activating group) is 1. The molecule has 0 aliphatic heterocycles. The summed E-state index contributed by atoms with van der Waals surface area (Å²) >= 11 is 6.08. The van der Waals surface area contributed by atoms with Gasteiger partial charge < -0.3 is 15.3 Å². The molecule has 3 rings (SSSR count). The van der Waals surface area contributed by atoms with E-state index in [-0.39, 0.29) is 30.4 Å². The molecule has 0 aliphatic carbocycles. The van der Waals surface area contributed by atoms with Crippen LogP contribution in [0.5, 0.6) is 0 Å². The van der Waals surface area contributed by atoms with Gasteiger partial charge in [0.2, 0.25) is 0 Å². The number of halogens is 2. The number of benzene rings is 2. The number of carboxylic acid groups (broad SMARTS) is 1. The van der Waals surface area contributed by atoms with Gasteiger partial charge in [-0.2, -0.15) is 0 Å². The Morgan fingerprint density at radius 3 is 2.59 bits per heavy atom. The van der Waals surface area contributed by atoms with E-state index in [1.165, 1.54) is 6.07 Å². The second-order valence-corrected chi connectivity index (χ2v) is 8.01. The normalized spacial score (nSPS) is 13.3. The highest BCUT2D eigenvalue weighted by Gasteiger charge is 2.27. The number of nitrogens with zero attached hydrogens (tertiary/aromatic N) is 3. The maximum absolute atomic E-state index is 13.8. The van der Waals surface area contributed by atoms with Crippen molar-refractivity contribution < 1.29 is 24.5 Å². The molecule has 0 bridgehead atoms. The monoisotopic (exact) mass is 461 g/mol. The number of aliphatic hydroxyl groups excluding tert-OH is 2. The number of aliphatic hydroxyl groups is 2. The van der Waals surface area contributed by atoms with Gasteiger partial charge in [0.25, 0.3) is 0 Å². The highest BCUT2D eigenvalue weighted by Crippen LogP contribution is 2.24. The summed E-state index contributed by atoms with van der Waals surface area (Å²) in [7, 11) is 1.73. The second-order valence-electron chi connectivity index (χ2n) is 7.64. The summed E-state index contributed by atoms with van der Waals surface area (Å²) in [6.07, 6.45) is -0.551. The molecular weight excluding hydrogens is 437 g/mol. The molecule has 0 fully saturated rings. The van der Waals surface area contributed by atoms with E-state index in [1.54, 1.807) is 36.3 Å². The van der Waals surface area contributed by atoms with Gasteiger partial charge >= 0.3 is 6.09 Å². The number of hydrogen-bond acceptors (Lipinski definition) is 5. The van der Waals surface area contributed by atoms with Crippen LogP contribution in [-0.4, -0.2) is 63.6 Å². The number of amides is 1. The third-order valence-corrected chi connectivity index (χ3v) is 5.77. The predicted molar refractivity (Wildman–Crippen MR) is 121 cm³/mol. The molecular formula is C23H25ClFN3O4. The average Bonchev–Trinajstić information content (AvgIpc) is 2.78. The lowest BCUT2D eigenvalue weighted by Crippen LogP contribution is -2.46. The Bertz CT molecular complexity index is 1080. The SMILES string of the molecule is CN(Cc1cccc(F)c1Cl)[C@@H](C[C@H](O)CO)CN(C(=O)O)c1cc2ccccc2cn1. The van der Waals surface area contributed by atoms with E-state index in [0.29, 0.717) is 5.56 Å². The Labute approximate surface area is 190 Å². The van der Waals surface area contributed by atoms with E-state index >= 15 is 0 Å². The molecule has 3 aromatic rings. The summed E-state index contributed by atoms with van der Waals surface area (Å²) < 4.78 is 13.8. The number of pyridine rings is 1. The quantitative estimate of drug-likeness (QED) is 0.449. The van der Waals surface area contributed by atoms with Crippen molar-refractivity contribution in [3.05, 3.63) is 71.1 Å². The summed E-state index contributed by atoms with van der Waals surface area (Å²) in [5.41, 5.74) is 0.531. The van der Waals surface area contributed by atoms with Crippen LogP contribution in [0.15, 0.2) is 54.7 Å². The van der Waals surface area contributed by atoms with Gasteiger partial charge in [0.1, 0.15) is 11.6 Å². The molecule has 2 atom stereocenters. The number of hydrogen-bond donors (Lipinski definition) is 3. The van der Waals surface area contributed by atoms with Crippen LogP contribution in [0.1, 0.15) is 12.0 Å². The zero-order valence-electron chi connectivity index (χ0n) is 17.5. The highest BCUT2D eigenvalue weighted by atomic mass is 35.5. The summed E-state index contributed by atoms with van der Waals surface area (Å²) in [6.45, 7) is -0.272. The molecule has 3 N–H and O–H groups in total. The summed E-state index contributed by atoms with van der Waals surface area (Å²) in [4.78, 5) is 19.3. The van der Waals surface area contributed by atoms with Gasteiger partial charge in [-0.15, -0.1) is 0 Å². The van der Waals surface area contributed by atoms with Crippen molar-refractivity contribution >= 4 is 34.3 Å². The van der Waals surface area contributed by atoms with Crippen LogP contribution in [0.4, 0.5) is 15.0 Å².